The summed E-state index contributed by atoms with van der Waals surface area (Å²) in [7, 11) is 1.71. The summed E-state index contributed by atoms with van der Waals surface area (Å²) in [5.41, 5.74) is 7.18. The van der Waals surface area contributed by atoms with Crippen LogP contribution in [0.3, 0.4) is 0 Å². The molecule has 1 heterocycles. The summed E-state index contributed by atoms with van der Waals surface area (Å²) in [6.07, 6.45) is 4.55. The van der Waals surface area contributed by atoms with Gasteiger partial charge < -0.3 is 14.9 Å². The Bertz CT molecular complexity index is 258. The molecule has 1 atom stereocenters. The lowest BCUT2D eigenvalue weighted by Crippen LogP contribution is -2.11. The maximum absolute atomic E-state index is 6.04. The van der Waals surface area contributed by atoms with Gasteiger partial charge in [0.15, 0.2) is 0 Å². The van der Waals surface area contributed by atoms with E-state index < -0.39 is 0 Å². The van der Waals surface area contributed by atoms with Gasteiger partial charge in [-0.2, -0.15) is 0 Å². The van der Waals surface area contributed by atoms with Gasteiger partial charge in [-0.25, -0.2) is 0 Å². The molecule has 0 saturated carbocycles. The molecular weight excluding hydrogens is 178 g/mol. The van der Waals surface area contributed by atoms with Crippen LogP contribution in [-0.2, 0) is 11.2 Å². The number of hydrogen-bond donors (Lipinski definition) is 1. The van der Waals surface area contributed by atoms with Gasteiger partial charge in [-0.1, -0.05) is 6.92 Å². The van der Waals surface area contributed by atoms with E-state index in [1.807, 2.05) is 6.07 Å². The van der Waals surface area contributed by atoms with E-state index in [0.29, 0.717) is 0 Å². The summed E-state index contributed by atoms with van der Waals surface area (Å²) in [5.74, 6) is 1.01. The van der Waals surface area contributed by atoms with Crippen molar-refractivity contribution in [3.63, 3.8) is 0 Å². The lowest BCUT2D eigenvalue weighted by molar-refractivity contribution is 0.190. The number of ether oxygens (including phenoxy) is 1. The molecular formula is C11H19NO2. The van der Waals surface area contributed by atoms with Gasteiger partial charge in [0.1, 0.15) is 5.76 Å². The molecule has 1 aromatic heterocycles. The first-order valence-electron chi connectivity index (χ1n) is 5.10. The molecule has 0 amide bonds. The standard InChI is InChI=1S/C11H19NO2/c1-3-11-9(6-8-14-11)10(12)5-4-7-13-2/h6,8,10H,3-5,7,12H2,1-2H3. The van der Waals surface area contributed by atoms with Gasteiger partial charge in [-0.05, 0) is 18.9 Å². The summed E-state index contributed by atoms with van der Waals surface area (Å²) in [6, 6.07) is 2.05. The Hall–Kier alpha value is -0.800. The van der Waals surface area contributed by atoms with Crippen molar-refractivity contribution in [2.24, 2.45) is 5.73 Å². The van der Waals surface area contributed by atoms with Crippen molar-refractivity contribution < 1.29 is 9.15 Å². The molecule has 0 aliphatic heterocycles. The van der Waals surface area contributed by atoms with E-state index in [2.05, 4.69) is 6.92 Å². The van der Waals surface area contributed by atoms with Crippen LogP contribution in [0.15, 0.2) is 16.7 Å². The van der Waals surface area contributed by atoms with E-state index in [0.717, 1.165) is 37.2 Å². The van der Waals surface area contributed by atoms with Gasteiger partial charge in [0, 0.05) is 31.7 Å². The van der Waals surface area contributed by atoms with Crippen molar-refractivity contribution in [3.8, 4) is 0 Å². The summed E-state index contributed by atoms with van der Waals surface area (Å²) >= 11 is 0. The normalized spacial score (nSPS) is 13.1. The van der Waals surface area contributed by atoms with Crippen LogP contribution in [0.2, 0.25) is 0 Å². The van der Waals surface area contributed by atoms with Crippen LogP contribution in [0.5, 0.6) is 0 Å². The molecule has 0 saturated heterocycles. The number of nitrogens with two attached hydrogens (primary N) is 1. The van der Waals surface area contributed by atoms with Crippen LogP contribution in [0.1, 0.15) is 37.1 Å². The SMILES string of the molecule is CCc1occc1C(N)CCCOC. The second-order valence-corrected chi connectivity index (χ2v) is 3.39. The van der Waals surface area contributed by atoms with Crippen molar-refractivity contribution in [1.82, 2.24) is 0 Å². The zero-order chi connectivity index (χ0) is 10.4. The highest BCUT2D eigenvalue weighted by Gasteiger charge is 2.12. The summed E-state index contributed by atoms with van der Waals surface area (Å²) in [5, 5.41) is 0. The lowest BCUT2D eigenvalue weighted by Gasteiger charge is -2.10. The molecule has 0 aliphatic rings. The number of aryl methyl sites for hydroxylation is 1. The van der Waals surface area contributed by atoms with E-state index in [1.165, 1.54) is 0 Å². The summed E-state index contributed by atoms with van der Waals surface area (Å²) in [6.45, 7) is 2.84. The zero-order valence-electron chi connectivity index (χ0n) is 8.95. The minimum atomic E-state index is 0.0823. The maximum atomic E-state index is 6.04. The van der Waals surface area contributed by atoms with Crippen LogP contribution in [0.4, 0.5) is 0 Å². The van der Waals surface area contributed by atoms with Crippen LogP contribution in [0.25, 0.3) is 0 Å². The largest absolute Gasteiger partial charge is 0.469 e. The third-order valence-corrected chi connectivity index (χ3v) is 2.36. The molecule has 3 nitrogen and oxygen atoms in total. The first-order valence-corrected chi connectivity index (χ1v) is 5.10. The second kappa shape index (κ2) is 5.83. The highest BCUT2D eigenvalue weighted by molar-refractivity contribution is 5.20. The minimum Gasteiger partial charge on any atom is -0.469 e. The average molecular weight is 197 g/mol. The number of methoxy groups -OCH3 is 1. The quantitative estimate of drug-likeness (QED) is 0.712. The molecule has 1 aromatic rings. The summed E-state index contributed by atoms with van der Waals surface area (Å²) < 4.78 is 10.3. The minimum absolute atomic E-state index is 0.0823. The molecule has 0 fully saturated rings. The Kier molecular flexibility index (Phi) is 4.70. The van der Waals surface area contributed by atoms with Gasteiger partial charge in [-0.15, -0.1) is 0 Å². The first-order chi connectivity index (χ1) is 6.79. The highest BCUT2D eigenvalue weighted by atomic mass is 16.5. The molecule has 0 spiro atoms. The van der Waals surface area contributed by atoms with Crippen molar-refractivity contribution in [1.29, 1.82) is 0 Å². The Labute approximate surface area is 85.2 Å². The van der Waals surface area contributed by atoms with Crippen molar-refractivity contribution in [3.05, 3.63) is 23.7 Å². The van der Waals surface area contributed by atoms with Gasteiger partial charge in [0.2, 0.25) is 0 Å². The van der Waals surface area contributed by atoms with Crippen molar-refractivity contribution >= 4 is 0 Å². The monoisotopic (exact) mass is 197 g/mol. The highest BCUT2D eigenvalue weighted by Crippen LogP contribution is 2.21. The second-order valence-electron chi connectivity index (χ2n) is 3.39. The lowest BCUT2D eigenvalue weighted by atomic mass is 10.0. The van der Waals surface area contributed by atoms with E-state index in [-0.39, 0.29) is 6.04 Å². The third-order valence-electron chi connectivity index (χ3n) is 2.36. The van der Waals surface area contributed by atoms with E-state index >= 15 is 0 Å². The third kappa shape index (κ3) is 2.86. The molecule has 14 heavy (non-hydrogen) atoms. The molecule has 2 N–H and O–H groups in total. The fourth-order valence-electron chi connectivity index (χ4n) is 1.57. The van der Waals surface area contributed by atoms with Gasteiger partial charge >= 0.3 is 0 Å². The van der Waals surface area contributed by atoms with Gasteiger partial charge in [0.05, 0.1) is 6.26 Å². The predicted molar refractivity (Wildman–Crippen MR) is 56.1 cm³/mol. The molecule has 1 unspecified atom stereocenters. The molecule has 1 rings (SSSR count). The molecule has 3 heteroatoms. The Balaban J connectivity index is 2.47. The molecule has 80 valence electrons. The fraction of sp³-hybridized carbons (Fsp3) is 0.636. The van der Waals surface area contributed by atoms with Crippen LogP contribution >= 0.6 is 0 Å². The zero-order valence-corrected chi connectivity index (χ0v) is 8.95. The predicted octanol–water partition coefficient (Wildman–Crippen LogP) is 2.27. The fourth-order valence-corrected chi connectivity index (χ4v) is 1.57. The Morgan fingerprint density at radius 3 is 3.00 bits per heavy atom. The topological polar surface area (TPSA) is 48.4 Å². The average Bonchev–Trinajstić information content (AvgIpc) is 2.65. The maximum Gasteiger partial charge on any atom is 0.108 e. The van der Waals surface area contributed by atoms with Crippen molar-refractivity contribution in [2.75, 3.05) is 13.7 Å². The van der Waals surface area contributed by atoms with Gasteiger partial charge in [-0.3, -0.25) is 0 Å². The van der Waals surface area contributed by atoms with Crippen molar-refractivity contribution in [2.45, 2.75) is 32.2 Å². The number of furan rings is 1. The number of hydrogen-bond acceptors (Lipinski definition) is 3. The van der Waals surface area contributed by atoms with E-state index in [1.54, 1.807) is 13.4 Å². The van der Waals surface area contributed by atoms with E-state index in [9.17, 15) is 0 Å². The molecule has 0 aromatic carbocycles. The first kappa shape index (κ1) is 11.3. The van der Waals surface area contributed by atoms with Gasteiger partial charge in [0.25, 0.3) is 0 Å². The van der Waals surface area contributed by atoms with Crippen LogP contribution < -0.4 is 5.73 Å². The van der Waals surface area contributed by atoms with Crippen LogP contribution in [-0.4, -0.2) is 13.7 Å². The molecule has 0 radical (unpaired) electrons. The molecule has 0 aliphatic carbocycles. The Morgan fingerprint density at radius 1 is 1.57 bits per heavy atom. The van der Waals surface area contributed by atoms with E-state index in [4.69, 9.17) is 14.9 Å². The Morgan fingerprint density at radius 2 is 2.36 bits per heavy atom. The summed E-state index contributed by atoms with van der Waals surface area (Å²) in [4.78, 5) is 0. The molecule has 0 bridgehead atoms. The smallest absolute Gasteiger partial charge is 0.108 e. The van der Waals surface area contributed by atoms with Crippen LogP contribution in [0, 0.1) is 0 Å². The number of rotatable bonds is 6.